The molecular formula is C49H57N4O11P. The maximum atomic E-state index is 13.4. The number of hydrogen-bond donors (Lipinski definition) is 1. The van der Waals surface area contributed by atoms with Gasteiger partial charge in [0.1, 0.15) is 41.8 Å². The number of hydrogen-bond acceptors (Lipinski definition) is 12. The number of aromatic amines is 1. The molecule has 1 aliphatic heterocycles. The topological polar surface area (TPSA) is 166 Å². The molecule has 16 heteroatoms. The summed E-state index contributed by atoms with van der Waals surface area (Å²) in [6.07, 6.45) is 5.55. The summed E-state index contributed by atoms with van der Waals surface area (Å²) < 4.78 is 48.0. The lowest BCUT2D eigenvalue weighted by molar-refractivity contribution is -0.385. The number of nitro benzene ring substituents is 1. The van der Waals surface area contributed by atoms with E-state index in [4.69, 9.17) is 39.2 Å². The van der Waals surface area contributed by atoms with Crippen molar-refractivity contribution in [2.45, 2.75) is 90.0 Å². The van der Waals surface area contributed by atoms with Gasteiger partial charge in [-0.2, -0.15) is 0 Å². The van der Waals surface area contributed by atoms with Gasteiger partial charge in [0, 0.05) is 41.9 Å². The summed E-state index contributed by atoms with van der Waals surface area (Å²) in [6, 6.07) is 29.9. The number of nitrogens with zero attached hydrogens (tertiary/aromatic N) is 3. The largest absolute Gasteiger partial charge is 0.497 e. The van der Waals surface area contributed by atoms with Crippen molar-refractivity contribution < 1.29 is 37.7 Å². The maximum Gasteiger partial charge on any atom is 0.330 e. The summed E-state index contributed by atoms with van der Waals surface area (Å²) in [7, 11) is 1.43. The van der Waals surface area contributed by atoms with Gasteiger partial charge in [0.05, 0.1) is 38.5 Å². The number of aromatic nitrogens is 2. The summed E-state index contributed by atoms with van der Waals surface area (Å²) in [5, 5.41) is 12.0. The Kier molecular flexibility index (Phi) is 16.7. The van der Waals surface area contributed by atoms with E-state index in [-0.39, 0.29) is 44.0 Å². The molecule has 0 saturated carbocycles. The van der Waals surface area contributed by atoms with Gasteiger partial charge in [-0.05, 0) is 101 Å². The Bertz CT molecular complexity index is 2450. The fraction of sp³-hybridized carbons (Fsp3) is 0.388. The van der Waals surface area contributed by atoms with Crippen LogP contribution in [0.2, 0.25) is 0 Å². The number of nitro groups is 1. The third-order valence-electron chi connectivity index (χ3n) is 11.1. The first-order valence-electron chi connectivity index (χ1n) is 21.5. The second-order valence-electron chi connectivity index (χ2n) is 16.1. The second kappa shape index (κ2) is 22.4. The monoisotopic (exact) mass is 908 g/mol. The van der Waals surface area contributed by atoms with E-state index < -0.39 is 48.7 Å². The standard InChI is InChI=1S/C49H57N4O11P/c1-9-27-60-42-25-26-43(53(56)57)36(29-42)14-13-28-62-65(52(33(2)3)34(4)5)64-44-30-46(51-31-35(6)47(54)50-48(51)55)63-45(44)32-61-49(37-15-11-10-12-16-37,38-17-21-40(58-7)22-18-38)39-19-23-41(59-8)24-20-39/h1,10-12,15-26,29,31,33-34,44-46H,13-14,27-28,30,32H2,2-8H3,(H,50,54,55)/t44-,45+,46+,65?/m0/s1. The van der Waals surface area contributed by atoms with Crippen LogP contribution in [0.1, 0.15) is 74.6 Å². The van der Waals surface area contributed by atoms with Gasteiger partial charge in [-0.3, -0.25) is 24.5 Å². The molecule has 1 aromatic heterocycles. The highest BCUT2D eigenvalue weighted by Gasteiger charge is 2.45. The molecule has 1 fully saturated rings. The summed E-state index contributed by atoms with van der Waals surface area (Å²) in [5.74, 6) is 4.21. The number of H-pyrrole nitrogens is 1. The van der Waals surface area contributed by atoms with Gasteiger partial charge in [0.2, 0.25) is 0 Å². The Balaban J connectivity index is 1.36. The van der Waals surface area contributed by atoms with E-state index in [1.54, 1.807) is 27.2 Å². The van der Waals surface area contributed by atoms with E-state index in [0.717, 1.165) is 16.7 Å². The minimum absolute atomic E-state index is 0.0136. The fourth-order valence-corrected chi connectivity index (χ4v) is 9.81. The fourth-order valence-electron chi connectivity index (χ4n) is 8.01. The normalized spacial score (nSPS) is 16.7. The van der Waals surface area contributed by atoms with Crippen LogP contribution in [0.15, 0.2) is 113 Å². The van der Waals surface area contributed by atoms with Crippen molar-refractivity contribution in [3.05, 3.63) is 162 Å². The van der Waals surface area contributed by atoms with Crippen molar-refractivity contribution in [2.75, 3.05) is 34.0 Å². The molecule has 1 unspecified atom stereocenters. The number of methoxy groups -OCH3 is 2. The smallest absolute Gasteiger partial charge is 0.330 e. The highest BCUT2D eigenvalue weighted by molar-refractivity contribution is 7.44. The second-order valence-corrected chi connectivity index (χ2v) is 17.5. The number of aryl methyl sites for hydroxylation is 2. The third kappa shape index (κ3) is 11.5. The minimum Gasteiger partial charge on any atom is -0.497 e. The molecule has 1 aliphatic rings. The average molecular weight is 909 g/mol. The van der Waals surface area contributed by atoms with Gasteiger partial charge in [-0.1, -0.05) is 60.5 Å². The van der Waals surface area contributed by atoms with Crippen LogP contribution < -0.4 is 25.5 Å². The van der Waals surface area contributed by atoms with E-state index in [1.165, 1.54) is 22.9 Å². The van der Waals surface area contributed by atoms with Gasteiger partial charge < -0.3 is 32.7 Å². The Labute approximate surface area is 380 Å². The van der Waals surface area contributed by atoms with Crippen molar-refractivity contribution in [3.8, 4) is 29.6 Å². The maximum absolute atomic E-state index is 13.4. The van der Waals surface area contributed by atoms with Gasteiger partial charge >= 0.3 is 5.69 Å². The zero-order valence-corrected chi connectivity index (χ0v) is 38.7. The number of benzene rings is 4. The highest BCUT2D eigenvalue weighted by atomic mass is 31.2. The van der Waals surface area contributed by atoms with Gasteiger partial charge in [0.25, 0.3) is 19.8 Å². The predicted octanol–water partition coefficient (Wildman–Crippen LogP) is 8.46. The van der Waals surface area contributed by atoms with Gasteiger partial charge in [-0.25, -0.2) is 9.46 Å². The van der Waals surface area contributed by atoms with Crippen molar-refractivity contribution in [2.24, 2.45) is 0 Å². The predicted molar refractivity (Wildman–Crippen MR) is 248 cm³/mol. The van der Waals surface area contributed by atoms with Crippen molar-refractivity contribution >= 4 is 14.2 Å². The molecule has 4 aromatic carbocycles. The molecule has 65 heavy (non-hydrogen) atoms. The molecule has 4 atom stereocenters. The lowest BCUT2D eigenvalue weighted by atomic mass is 9.80. The van der Waals surface area contributed by atoms with Crippen molar-refractivity contribution in [1.29, 1.82) is 0 Å². The van der Waals surface area contributed by atoms with E-state index >= 15 is 0 Å². The molecule has 6 rings (SSSR count). The van der Waals surface area contributed by atoms with Gasteiger partial charge in [0.15, 0.2) is 0 Å². The van der Waals surface area contributed by atoms with E-state index in [9.17, 15) is 19.7 Å². The zero-order chi connectivity index (χ0) is 46.7. The lowest BCUT2D eigenvalue weighted by Crippen LogP contribution is -2.39. The molecule has 1 N–H and O–H groups in total. The lowest BCUT2D eigenvalue weighted by Gasteiger charge is -2.39. The van der Waals surface area contributed by atoms with Crippen LogP contribution in [0.25, 0.3) is 0 Å². The molecule has 0 spiro atoms. The van der Waals surface area contributed by atoms with Crippen LogP contribution in [-0.2, 0) is 30.5 Å². The number of nitrogens with one attached hydrogen (secondary N) is 1. The van der Waals surface area contributed by atoms with Crippen molar-refractivity contribution in [1.82, 2.24) is 14.2 Å². The van der Waals surface area contributed by atoms with Crippen molar-refractivity contribution in [3.63, 3.8) is 0 Å². The van der Waals surface area contributed by atoms with E-state index in [0.29, 0.717) is 41.2 Å². The molecule has 2 heterocycles. The Morgan fingerprint density at radius 3 is 2.09 bits per heavy atom. The average Bonchev–Trinajstić information content (AvgIpc) is 3.70. The Hall–Kier alpha value is -5.85. The van der Waals surface area contributed by atoms with Crippen LogP contribution in [0.5, 0.6) is 17.2 Å². The Morgan fingerprint density at radius 1 is 0.923 bits per heavy atom. The first-order valence-corrected chi connectivity index (χ1v) is 22.6. The van der Waals surface area contributed by atoms with Crippen LogP contribution >= 0.6 is 8.53 Å². The van der Waals surface area contributed by atoms with E-state index in [2.05, 4.69) is 43.3 Å². The SMILES string of the molecule is C#CCOc1ccc([N+](=O)[O-])c(CCCOP(O[C@H]2C[C@H](n3cc(C)c(=O)[nH]c3=O)O[C@@H]2COC(c2ccccc2)(c2ccc(OC)cc2)c2ccc(OC)cc2)N(C(C)C)C(C)C)c1. The van der Waals surface area contributed by atoms with Crippen LogP contribution in [0.3, 0.4) is 0 Å². The first-order chi connectivity index (χ1) is 31.3. The van der Waals surface area contributed by atoms with Crippen LogP contribution in [0.4, 0.5) is 5.69 Å². The molecule has 15 nitrogen and oxygen atoms in total. The van der Waals surface area contributed by atoms with Crippen LogP contribution in [0, 0.1) is 29.4 Å². The minimum atomic E-state index is -1.80. The molecule has 5 aromatic rings. The van der Waals surface area contributed by atoms with E-state index in [1.807, 2.05) is 78.9 Å². The highest BCUT2D eigenvalue weighted by Crippen LogP contribution is 2.51. The summed E-state index contributed by atoms with van der Waals surface area (Å²) in [4.78, 5) is 39.8. The number of rotatable bonds is 22. The molecular weight excluding hydrogens is 852 g/mol. The number of terminal acetylenes is 1. The number of ether oxygens (including phenoxy) is 5. The quantitative estimate of drug-likeness (QED) is 0.0176. The molecule has 0 radical (unpaired) electrons. The summed E-state index contributed by atoms with van der Waals surface area (Å²) in [5.41, 5.74) is 1.00. The van der Waals surface area contributed by atoms with Gasteiger partial charge in [-0.15, -0.1) is 6.42 Å². The molecule has 0 bridgehead atoms. The molecule has 344 valence electrons. The first kappa shape index (κ1) is 48.6. The summed E-state index contributed by atoms with van der Waals surface area (Å²) in [6.45, 7) is 10.1. The summed E-state index contributed by atoms with van der Waals surface area (Å²) >= 11 is 0. The third-order valence-corrected chi connectivity index (χ3v) is 13.3. The molecule has 1 saturated heterocycles. The zero-order valence-electron chi connectivity index (χ0n) is 37.8. The Morgan fingerprint density at radius 2 is 1.52 bits per heavy atom. The van der Waals surface area contributed by atoms with Crippen LogP contribution in [-0.4, -0.2) is 77.5 Å². The molecule has 0 amide bonds. The molecule has 0 aliphatic carbocycles.